The minimum atomic E-state index is -0.331. The van der Waals surface area contributed by atoms with E-state index in [1.165, 1.54) is 12.8 Å². The second-order valence-electron chi connectivity index (χ2n) is 7.52. The van der Waals surface area contributed by atoms with Gasteiger partial charge in [0.1, 0.15) is 0 Å². The Morgan fingerprint density at radius 2 is 2.12 bits per heavy atom. The van der Waals surface area contributed by atoms with E-state index >= 15 is 0 Å². The summed E-state index contributed by atoms with van der Waals surface area (Å²) in [5, 5.41) is 9.28. The highest BCUT2D eigenvalue weighted by atomic mass is 31.0. The number of Topliss-reactive ketones (excluding diaryl/α,β-unsaturated/α-hetero) is 1. The van der Waals surface area contributed by atoms with Crippen molar-refractivity contribution in [1.82, 2.24) is 0 Å². The van der Waals surface area contributed by atoms with Gasteiger partial charge in [-0.25, -0.2) is 0 Å². The largest absolute Gasteiger partial charge is 0.305 e. The molecule has 4 rings (SSSR count). The van der Waals surface area contributed by atoms with Crippen LogP contribution in [0.1, 0.15) is 60.5 Å². The van der Waals surface area contributed by atoms with Crippen LogP contribution < -0.4 is 0 Å². The van der Waals surface area contributed by atoms with Crippen molar-refractivity contribution in [2.24, 2.45) is 11.3 Å². The summed E-state index contributed by atoms with van der Waals surface area (Å²) in [5.74, 6) is 7.35. The topological polar surface area (TPSA) is 40.9 Å². The number of rotatable bonds is 0. The summed E-state index contributed by atoms with van der Waals surface area (Å²) in [7, 11) is 2.71. The van der Waals surface area contributed by atoms with Gasteiger partial charge >= 0.3 is 0 Å². The number of nitrogens with one attached hydrogen (secondary N) is 1. The molecule has 0 aliphatic heterocycles. The van der Waals surface area contributed by atoms with Crippen molar-refractivity contribution >= 4 is 20.7 Å². The maximum atomic E-state index is 13.2. The van der Waals surface area contributed by atoms with Crippen LogP contribution in [0.25, 0.3) is 0 Å². The van der Waals surface area contributed by atoms with Crippen molar-refractivity contribution in [2.45, 2.75) is 45.4 Å². The summed E-state index contributed by atoms with van der Waals surface area (Å²) in [4.78, 5) is 13.2. The zero-order valence-electron chi connectivity index (χ0n) is 14.0. The fraction of sp³-hybridized carbons (Fsp3) is 0.429. The maximum absolute atomic E-state index is 13.2. The molecule has 3 aliphatic rings. The first-order chi connectivity index (χ1) is 11.5. The van der Waals surface area contributed by atoms with E-state index in [0.29, 0.717) is 24.5 Å². The van der Waals surface area contributed by atoms with Crippen molar-refractivity contribution in [1.29, 1.82) is 5.41 Å². The molecule has 3 aliphatic carbocycles. The van der Waals surface area contributed by atoms with Gasteiger partial charge in [-0.2, -0.15) is 0 Å². The van der Waals surface area contributed by atoms with Crippen LogP contribution in [0.5, 0.6) is 0 Å². The number of carbonyl (C=O) groups is 1. The van der Waals surface area contributed by atoms with Crippen LogP contribution in [-0.4, -0.2) is 11.5 Å². The average Bonchev–Trinajstić information content (AvgIpc) is 3.35. The maximum Gasteiger partial charge on any atom is 0.170 e. The summed E-state index contributed by atoms with van der Waals surface area (Å²) < 4.78 is 0. The predicted octanol–water partition coefficient (Wildman–Crippen LogP) is 4.53. The lowest BCUT2D eigenvalue weighted by Gasteiger charge is -2.34. The Morgan fingerprint density at radius 3 is 2.83 bits per heavy atom. The van der Waals surface area contributed by atoms with E-state index in [1.54, 1.807) is 0 Å². The van der Waals surface area contributed by atoms with Crippen molar-refractivity contribution in [3.05, 3.63) is 45.8 Å². The molecule has 2 atom stereocenters. The molecule has 0 amide bonds. The van der Waals surface area contributed by atoms with E-state index in [-0.39, 0.29) is 11.2 Å². The second-order valence-corrected chi connectivity index (χ2v) is 8.38. The van der Waals surface area contributed by atoms with Crippen LogP contribution in [0.2, 0.25) is 0 Å². The molecule has 0 bridgehead atoms. The summed E-state index contributed by atoms with van der Waals surface area (Å²) in [6.45, 7) is 2.02. The molecule has 122 valence electrons. The predicted molar refractivity (Wildman–Crippen MR) is 100 cm³/mol. The molecule has 0 saturated heterocycles. The van der Waals surface area contributed by atoms with E-state index in [0.717, 1.165) is 40.4 Å². The van der Waals surface area contributed by atoms with Crippen LogP contribution in [0.4, 0.5) is 0 Å². The van der Waals surface area contributed by atoms with Gasteiger partial charge in [-0.05, 0) is 68.7 Å². The molecular formula is C21H22NOP. The molecule has 1 spiro atoms. The highest BCUT2D eigenvalue weighted by molar-refractivity contribution is 7.22. The normalized spacial score (nSPS) is 27.8. The minimum Gasteiger partial charge on any atom is -0.305 e. The molecule has 0 heterocycles. The second kappa shape index (κ2) is 5.68. The molecule has 1 aromatic carbocycles. The lowest BCUT2D eigenvalue weighted by molar-refractivity contribution is 0.0801. The van der Waals surface area contributed by atoms with Crippen LogP contribution in [0, 0.1) is 28.6 Å². The lowest BCUT2D eigenvalue weighted by Crippen LogP contribution is -2.34. The van der Waals surface area contributed by atoms with Gasteiger partial charge in [-0.3, -0.25) is 4.79 Å². The van der Waals surface area contributed by atoms with Crippen molar-refractivity contribution in [2.75, 3.05) is 0 Å². The van der Waals surface area contributed by atoms with Gasteiger partial charge in [0.2, 0.25) is 0 Å². The Balaban J connectivity index is 1.66. The number of allylic oxidation sites excluding steroid dienone is 2. The smallest absolute Gasteiger partial charge is 0.170 e. The highest BCUT2D eigenvalue weighted by Crippen LogP contribution is 2.49. The number of hydrogen-bond donors (Lipinski definition) is 1. The molecule has 1 aromatic rings. The Bertz CT molecular complexity index is 846. The van der Waals surface area contributed by atoms with Gasteiger partial charge in [-0.1, -0.05) is 23.2 Å². The van der Waals surface area contributed by atoms with Crippen LogP contribution >= 0.6 is 9.24 Å². The number of fused-ring (bicyclic) bond motifs is 1. The quantitative estimate of drug-likeness (QED) is 0.549. The standard InChI is InChI=1S/C21H22NOP/c1-13(24)18-12-21(9-8-19(18)22)11-16-7-6-15(5-4-14-2-3-14)10-17(16)20(21)23/h6-7,10,14,22H,2-3,8-9,11-12,24H2,1H3. The van der Waals surface area contributed by atoms with E-state index in [4.69, 9.17) is 5.41 Å². The fourth-order valence-electron chi connectivity index (χ4n) is 3.93. The minimum absolute atomic E-state index is 0.267. The van der Waals surface area contributed by atoms with Crippen LogP contribution in [0.15, 0.2) is 29.1 Å². The van der Waals surface area contributed by atoms with Gasteiger partial charge in [0.25, 0.3) is 0 Å². The molecular weight excluding hydrogens is 313 g/mol. The number of ketones is 1. The van der Waals surface area contributed by atoms with Crippen LogP contribution in [-0.2, 0) is 6.42 Å². The molecule has 0 radical (unpaired) electrons. The van der Waals surface area contributed by atoms with E-state index in [1.807, 2.05) is 13.0 Å². The third kappa shape index (κ3) is 2.66. The summed E-state index contributed by atoms with van der Waals surface area (Å²) >= 11 is 0. The summed E-state index contributed by atoms with van der Waals surface area (Å²) in [5.41, 5.74) is 4.42. The Labute approximate surface area is 145 Å². The zero-order valence-corrected chi connectivity index (χ0v) is 15.2. The number of benzene rings is 1. The molecule has 1 N–H and O–H groups in total. The molecule has 2 nitrogen and oxygen atoms in total. The van der Waals surface area contributed by atoms with Crippen LogP contribution in [0.3, 0.4) is 0 Å². The average molecular weight is 335 g/mol. The molecule has 2 saturated carbocycles. The Hall–Kier alpha value is -1.71. The lowest BCUT2D eigenvalue weighted by atomic mass is 9.68. The van der Waals surface area contributed by atoms with E-state index in [2.05, 4.69) is 33.2 Å². The Morgan fingerprint density at radius 1 is 1.33 bits per heavy atom. The number of carbonyl (C=O) groups excluding carboxylic acids is 1. The van der Waals surface area contributed by atoms with Crippen molar-refractivity contribution in [3.63, 3.8) is 0 Å². The van der Waals surface area contributed by atoms with Gasteiger partial charge in [0.15, 0.2) is 5.78 Å². The van der Waals surface area contributed by atoms with E-state index < -0.39 is 0 Å². The third-order valence-corrected chi connectivity index (χ3v) is 5.92. The SMILES string of the molecule is CC(P)=C1CC2(CCC1=N)Cc1ccc(C#CC3CC3)cc1C2=O. The molecule has 24 heavy (non-hydrogen) atoms. The highest BCUT2D eigenvalue weighted by Gasteiger charge is 2.48. The molecule has 2 unspecified atom stereocenters. The van der Waals surface area contributed by atoms with Crippen molar-refractivity contribution in [3.8, 4) is 11.8 Å². The first kappa shape index (κ1) is 15.8. The molecule has 2 fully saturated rings. The molecule has 3 heteroatoms. The van der Waals surface area contributed by atoms with Gasteiger partial charge < -0.3 is 5.41 Å². The third-order valence-electron chi connectivity index (χ3n) is 5.57. The fourth-order valence-corrected chi connectivity index (χ4v) is 4.21. The first-order valence-electron chi connectivity index (χ1n) is 8.71. The van der Waals surface area contributed by atoms with Crippen molar-refractivity contribution < 1.29 is 4.79 Å². The van der Waals surface area contributed by atoms with Gasteiger partial charge in [0, 0.05) is 28.2 Å². The monoisotopic (exact) mass is 335 g/mol. The summed E-state index contributed by atoms with van der Waals surface area (Å²) in [6, 6.07) is 6.15. The van der Waals surface area contributed by atoms with E-state index in [9.17, 15) is 4.79 Å². The Kier molecular flexibility index (Phi) is 3.74. The zero-order chi connectivity index (χ0) is 16.9. The first-order valence-corrected chi connectivity index (χ1v) is 9.28. The van der Waals surface area contributed by atoms with Gasteiger partial charge in [-0.15, -0.1) is 9.24 Å². The summed E-state index contributed by atoms with van der Waals surface area (Å²) in [6.07, 6.45) is 5.45. The number of hydrogen-bond acceptors (Lipinski definition) is 2. The molecule has 0 aromatic heterocycles. The van der Waals surface area contributed by atoms with Gasteiger partial charge in [0.05, 0.1) is 0 Å².